The Kier molecular flexibility index (Phi) is 5.93. The first-order valence-electron chi connectivity index (χ1n) is 9.09. The zero-order chi connectivity index (χ0) is 18.5. The molecule has 6 heteroatoms. The molecule has 0 saturated carbocycles. The van der Waals surface area contributed by atoms with Crippen LogP contribution in [0.1, 0.15) is 42.5 Å². The predicted molar refractivity (Wildman–Crippen MR) is 99.2 cm³/mol. The summed E-state index contributed by atoms with van der Waals surface area (Å²) in [5.41, 5.74) is 1.06. The number of nitrogens with zero attached hydrogens (tertiary/aromatic N) is 3. The third kappa shape index (κ3) is 4.25. The molecule has 0 N–H and O–H groups in total. The van der Waals surface area contributed by atoms with E-state index < -0.39 is 0 Å². The number of methoxy groups -OCH3 is 1. The molecule has 1 fully saturated rings. The number of carbonyl (C=O) groups is 1. The van der Waals surface area contributed by atoms with Gasteiger partial charge >= 0.3 is 0 Å². The van der Waals surface area contributed by atoms with E-state index in [2.05, 4.69) is 4.98 Å². The summed E-state index contributed by atoms with van der Waals surface area (Å²) >= 11 is 0. The van der Waals surface area contributed by atoms with Crippen LogP contribution in [0.2, 0.25) is 0 Å². The Morgan fingerprint density at radius 2 is 2.15 bits per heavy atom. The SMILES string of the molecule is COc1ccccc1Cc1cnc([C@H]2CCCCN2C(=O)CN(C)C)o1. The van der Waals surface area contributed by atoms with Gasteiger partial charge in [0.2, 0.25) is 11.8 Å². The van der Waals surface area contributed by atoms with Crippen LogP contribution in [0, 0.1) is 0 Å². The van der Waals surface area contributed by atoms with Crippen molar-refractivity contribution in [2.45, 2.75) is 31.7 Å². The molecule has 1 atom stereocenters. The summed E-state index contributed by atoms with van der Waals surface area (Å²) in [6, 6.07) is 7.83. The Morgan fingerprint density at radius 1 is 1.35 bits per heavy atom. The lowest BCUT2D eigenvalue weighted by Gasteiger charge is -2.34. The summed E-state index contributed by atoms with van der Waals surface area (Å²) < 4.78 is 11.4. The minimum Gasteiger partial charge on any atom is -0.496 e. The van der Waals surface area contributed by atoms with Gasteiger partial charge in [-0.05, 0) is 39.4 Å². The van der Waals surface area contributed by atoms with Gasteiger partial charge in [0.15, 0.2) is 0 Å². The van der Waals surface area contributed by atoms with Crippen LogP contribution in [0.3, 0.4) is 0 Å². The van der Waals surface area contributed by atoms with Gasteiger partial charge in [0.05, 0.1) is 19.9 Å². The van der Waals surface area contributed by atoms with Gasteiger partial charge in [-0.15, -0.1) is 0 Å². The van der Waals surface area contributed by atoms with E-state index in [1.54, 1.807) is 13.3 Å². The first-order chi connectivity index (χ1) is 12.6. The molecule has 0 spiro atoms. The number of hydrogen-bond acceptors (Lipinski definition) is 5. The van der Waals surface area contributed by atoms with Gasteiger partial charge in [0.1, 0.15) is 17.6 Å². The standard InChI is InChI=1S/C20H27N3O3/c1-22(2)14-19(24)23-11-7-6-9-17(23)20-21-13-16(26-20)12-15-8-4-5-10-18(15)25-3/h4-5,8,10,13,17H,6-7,9,11-12,14H2,1-3H3/t17-/m1/s1. The summed E-state index contributed by atoms with van der Waals surface area (Å²) in [6.07, 6.45) is 5.40. The Morgan fingerprint density at radius 3 is 2.92 bits per heavy atom. The Balaban J connectivity index is 1.75. The van der Waals surface area contributed by atoms with Crippen molar-refractivity contribution in [2.75, 3.05) is 34.3 Å². The smallest absolute Gasteiger partial charge is 0.237 e. The molecule has 0 bridgehead atoms. The van der Waals surface area contributed by atoms with Crippen LogP contribution in [-0.4, -0.2) is 55.0 Å². The molecule has 1 saturated heterocycles. The van der Waals surface area contributed by atoms with E-state index >= 15 is 0 Å². The predicted octanol–water partition coefficient (Wildman–Crippen LogP) is 2.89. The van der Waals surface area contributed by atoms with Crippen LogP contribution in [0.5, 0.6) is 5.75 Å². The molecule has 140 valence electrons. The topological polar surface area (TPSA) is 58.8 Å². The summed E-state index contributed by atoms with van der Waals surface area (Å²) in [5.74, 6) is 2.40. The Bertz CT molecular complexity index is 741. The van der Waals surface area contributed by atoms with Crippen molar-refractivity contribution in [1.82, 2.24) is 14.8 Å². The number of likely N-dealkylation sites (tertiary alicyclic amines) is 1. The first-order valence-corrected chi connectivity index (χ1v) is 9.09. The van der Waals surface area contributed by atoms with E-state index in [-0.39, 0.29) is 11.9 Å². The molecule has 3 rings (SSSR count). The maximum atomic E-state index is 12.6. The molecule has 0 radical (unpaired) electrons. The van der Waals surface area contributed by atoms with Gasteiger partial charge in [-0.3, -0.25) is 4.79 Å². The van der Waals surface area contributed by atoms with Crippen molar-refractivity contribution in [3.8, 4) is 5.75 Å². The Hall–Kier alpha value is -2.34. The fourth-order valence-corrected chi connectivity index (χ4v) is 3.44. The van der Waals surface area contributed by atoms with Gasteiger partial charge in [0.25, 0.3) is 0 Å². The maximum Gasteiger partial charge on any atom is 0.237 e. The highest BCUT2D eigenvalue weighted by Crippen LogP contribution is 2.31. The number of para-hydroxylation sites is 1. The second-order valence-corrected chi connectivity index (χ2v) is 6.99. The molecule has 1 aromatic heterocycles. The van der Waals surface area contributed by atoms with E-state index in [1.807, 2.05) is 48.2 Å². The van der Waals surface area contributed by atoms with Crippen LogP contribution < -0.4 is 4.74 Å². The molecule has 1 amide bonds. The highest BCUT2D eigenvalue weighted by molar-refractivity contribution is 5.78. The molecule has 2 heterocycles. The molecular weight excluding hydrogens is 330 g/mol. The molecule has 0 unspecified atom stereocenters. The minimum atomic E-state index is -0.0670. The number of ether oxygens (including phenoxy) is 1. The van der Waals surface area contributed by atoms with Crippen molar-refractivity contribution < 1.29 is 13.9 Å². The van der Waals surface area contributed by atoms with Gasteiger partial charge in [-0.1, -0.05) is 18.2 Å². The maximum absolute atomic E-state index is 12.6. The van der Waals surface area contributed by atoms with Crippen molar-refractivity contribution in [3.63, 3.8) is 0 Å². The molecule has 0 aliphatic carbocycles. The average molecular weight is 357 g/mol. The molecule has 1 aromatic carbocycles. The quantitative estimate of drug-likeness (QED) is 0.796. The molecular formula is C20H27N3O3. The molecule has 1 aliphatic heterocycles. The highest BCUT2D eigenvalue weighted by Gasteiger charge is 2.31. The third-order valence-electron chi connectivity index (χ3n) is 4.69. The lowest BCUT2D eigenvalue weighted by Crippen LogP contribution is -2.42. The summed E-state index contributed by atoms with van der Waals surface area (Å²) in [4.78, 5) is 20.9. The van der Waals surface area contributed by atoms with Crippen molar-refractivity contribution in [3.05, 3.63) is 47.7 Å². The zero-order valence-electron chi connectivity index (χ0n) is 15.8. The van der Waals surface area contributed by atoms with Crippen LogP contribution in [0.25, 0.3) is 0 Å². The molecule has 26 heavy (non-hydrogen) atoms. The van der Waals surface area contributed by atoms with Crippen LogP contribution >= 0.6 is 0 Å². The highest BCUT2D eigenvalue weighted by atomic mass is 16.5. The average Bonchev–Trinajstić information content (AvgIpc) is 3.10. The van der Waals surface area contributed by atoms with E-state index in [0.717, 1.165) is 42.9 Å². The largest absolute Gasteiger partial charge is 0.496 e. The molecule has 2 aromatic rings. The van der Waals surface area contributed by atoms with Crippen LogP contribution in [0.15, 0.2) is 34.9 Å². The number of piperidine rings is 1. The Labute approximate surface area is 154 Å². The number of carbonyl (C=O) groups excluding carboxylic acids is 1. The lowest BCUT2D eigenvalue weighted by atomic mass is 10.0. The number of rotatable bonds is 6. The fourth-order valence-electron chi connectivity index (χ4n) is 3.44. The van der Waals surface area contributed by atoms with E-state index in [0.29, 0.717) is 18.9 Å². The summed E-state index contributed by atoms with van der Waals surface area (Å²) in [5, 5.41) is 0. The fraction of sp³-hybridized carbons (Fsp3) is 0.500. The van der Waals surface area contributed by atoms with Gasteiger partial charge < -0.3 is 19.0 Å². The number of likely N-dealkylation sites (N-methyl/N-ethyl adjacent to an activating group) is 1. The van der Waals surface area contributed by atoms with Gasteiger partial charge in [-0.2, -0.15) is 0 Å². The van der Waals surface area contributed by atoms with E-state index in [1.165, 1.54) is 0 Å². The lowest BCUT2D eigenvalue weighted by molar-refractivity contribution is -0.136. The van der Waals surface area contributed by atoms with Gasteiger partial charge in [-0.25, -0.2) is 4.98 Å². The van der Waals surface area contributed by atoms with Gasteiger partial charge in [0, 0.05) is 18.5 Å². The normalized spacial score (nSPS) is 17.5. The van der Waals surface area contributed by atoms with E-state index in [9.17, 15) is 4.79 Å². The number of benzene rings is 1. The van der Waals surface area contributed by atoms with Crippen LogP contribution in [-0.2, 0) is 11.2 Å². The minimum absolute atomic E-state index is 0.0670. The molecule has 1 aliphatic rings. The monoisotopic (exact) mass is 357 g/mol. The first kappa shape index (κ1) is 18.5. The van der Waals surface area contributed by atoms with Crippen LogP contribution in [0.4, 0.5) is 0 Å². The van der Waals surface area contributed by atoms with Crippen molar-refractivity contribution >= 4 is 5.91 Å². The van der Waals surface area contributed by atoms with E-state index in [4.69, 9.17) is 9.15 Å². The third-order valence-corrected chi connectivity index (χ3v) is 4.69. The number of hydrogen-bond donors (Lipinski definition) is 0. The molecule has 6 nitrogen and oxygen atoms in total. The second-order valence-electron chi connectivity index (χ2n) is 6.99. The van der Waals surface area contributed by atoms with Crippen molar-refractivity contribution in [2.24, 2.45) is 0 Å². The summed E-state index contributed by atoms with van der Waals surface area (Å²) in [7, 11) is 5.49. The second kappa shape index (κ2) is 8.36. The zero-order valence-corrected chi connectivity index (χ0v) is 15.8. The van der Waals surface area contributed by atoms with Crippen molar-refractivity contribution in [1.29, 1.82) is 0 Å². The number of aromatic nitrogens is 1. The number of amides is 1. The summed E-state index contributed by atoms with van der Waals surface area (Å²) in [6.45, 7) is 1.17. The number of oxazole rings is 1.